The Bertz CT molecular complexity index is 1200. The number of rotatable bonds is 7. The number of carbonyl (C=O) groups is 1. The molecule has 8 nitrogen and oxygen atoms in total. The highest BCUT2D eigenvalue weighted by Gasteiger charge is 2.22. The third-order valence-corrected chi connectivity index (χ3v) is 7.68. The molecule has 5 rings (SSSR count). The lowest BCUT2D eigenvalue weighted by atomic mass is 9.95. The molecule has 1 amide bonds. The minimum absolute atomic E-state index is 0.00796. The van der Waals surface area contributed by atoms with Crippen LogP contribution in [-0.2, 0) is 17.8 Å². The molecule has 3 N–H and O–H groups in total. The number of pyridine rings is 3. The lowest BCUT2D eigenvalue weighted by Gasteiger charge is -2.31. The molecule has 2 unspecified atom stereocenters. The van der Waals surface area contributed by atoms with E-state index in [0.29, 0.717) is 41.1 Å². The van der Waals surface area contributed by atoms with Gasteiger partial charge in [-0.05, 0) is 43.9 Å². The first-order valence-electron chi connectivity index (χ1n) is 11.5. The number of ether oxygens (including phenoxy) is 1. The van der Waals surface area contributed by atoms with Gasteiger partial charge >= 0.3 is 0 Å². The highest BCUT2D eigenvalue weighted by atomic mass is 35.5. The van der Waals surface area contributed by atoms with Gasteiger partial charge in [-0.1, -0.05) is 11.6 Å². The molecule has 0 bridgehead atoms. The van der Waals surface area contributed by atoms with E-state index in [2.05, 4.69) is 30.9 Å². The van der Waals surface area contributed by atoms with Crippen molar-refractivity contribution >= 4 is 46.1 Å². The monoisotopic (exact) mass is 498 g/mol. The number of fused-ring (bicyclic) bond motifs is 2. The number of nitrogens with zero attached hydrogens (tertiary/aromatic N) is 3. The maximum absolute atomic E-state index is 11.6. The number of halogens is 1. The second-order valence-electron chi connectivity index (χ2n) is 8.59. The van der Waals surface area contributed by atoms with Gasteiger partial charge in [0.2, 0.25) is 11.8 Å². The molecule has 3 aromatic rings. The van der Waals surface area contributed by atoms with E-state index in [1.807, 2.05) is 24.3 Å². The maximum atomic E-state index is 11.6. The molecule has 178 valence electrons. The van der Waals surface area contributed by atoms with Gasteiger partial charge < -0.3 is 20.7 Å². The highest BCUT2D eigenvalue weighted by Crippen LogP contribution is 2.30. The summed E-state index contributed by atoms with van der Waals surface area (Å²) in [5, 5.41) is 10.8. The number of anilines is 1. The average molecular weight is 499 g/mol. The van der Waals surface area contributed by atoms with Crippen molar-refractivity contribution in [1.82, 2.24) is 25.6 Å². The SMILES string of the molecule is COc1ccc2ncc(Cl)c(CCC3CCC(NCc4ccc5c(n4)NC(=O)CS5)CN3)c2n1. The van der Waals surface area contributed by atoms with Crippen LogP contribution in [-0.4, -0.2) is 52.4 Å². The van der Waals surface area contributed by atoms with Crippen molar-refractivity contribution in [3.05, 3.63) is 46.7 Å². The van der Waals surface area contributed by atoms with Crippen LogP contribution in [0.15, 0.2) is 35.4 Å². The van der Waals surface area contributed by atoms with Crippen LogP contribution in [0.1, 0.15) is 30.5 Å². The molecule has 0 aromatic carbocycles. The zero-order valence-electron chi connectivity index (χ0n) is 18.9. The topological polar surface area (TPSA) is 101 Å². The van der Waals surface area contributed by atoms with E-state index in [-0.39, 0.29) is 5.91 Å². The molecule has 0 radical (unpaired) electrons. The molecule has 1 saturated heterocycles. The summed E-state index contributed by atoms with van der Waals surface area (Å²) < 4.78 is 5.29. The fourth-order valence-electron chi connectivity index (χ4n) is 4.44. The van der Waals surface area contributed by atoms with Crippen molar-refractivity contribution in [2.45, 2.75) is 49.2 Å². The van der Waals surface area contributed by atoms with E-state index >= 15 is 0 Å². The van der Waals surface area contributed by atoms with Crippen LogP contribution in [0.25, 0.3) is 11.0 Å². The van der Waals surface area contributed by atoms with Gasteiger partial charge in [-0.2, -0.15) is 0 Å². The highest BCUT2D eigenvalue weighted by molar-refractivity contribution is 8.00. The van der Waals surface area contributed by atoms with Crippen molar-refractivity contribution < 1.29 is 9.53 Å². The number of amides is 1. The van der Waals surface area contributed by atoms with Gasteiger partial charge in [0, 0.05) is 43.0 Å². The fourth-order valence-corrected chi connectivity index (χ4v) is 5.42. The van der Waals surface area contributed by atoms with Crippen molar-refractivity contribution in [2.24, 2.45) is 0 Å². The first-order valence-corrected chi connectivity index (χ1v) is 12.8. The predicted octanol–water partition coefficient (Wildman–Crippen LogP) is 3.57. The Morgan fingerprint density at radius 1 is 1.24 bits per heavy atom. The number of thioether (sulfide) groups is 1. The molecule has 2 atom stereocenters. The van der Waals surface area contributed by atoms with Crippen LogP contribution >= 0.6 is 23.4 Å². The van der Waals surface area contributed by atoms with Crippen molar-refractivity contribution in [3.63, 3.8) is 0 Å². The van der Waals surface area contributed by atoms with Gasteiger partial charge in [-0.15, -0.1) is 11.8 Å². The molecule has 2 aliphatic heterocycles. The summed E-state index contributed by atoms with van der Waals surface area (Å²) in [7, 11) is 1.61. The van der Waals surface area contributed by atoms with Crippen LogP contribution in [0.3, 0.4) is 0 Å². The summed E-state index contributed by atoms with van der Waals surface area (Å²) in [5.74, 6) is 1.71. The van der Waals surface area contributed by atoms with E-state index in [9.17, 15) is 4.79 Å². The molecule has 0 aliphatic carbocycles. The van der Waals surface area contributed by atoms with Gasteiger partial charge in [0.25, 0.3) is 0 Å². The molecule has 0 saturated carbocycles. The summed E-state index contributed by atoms with van der Waals surface area (Å²) in [6.45, 7) is 1.58. The van der Waals surface area contributed by atoms with Crippen LogP contribution < -0.4 is 20.7 Å². The third-order valence-electron chi connectivity index (χ3n) is 6.31. The molecule has 3 aromatic heterocycles. The van der Waals surface area contributed by atoms with E-state index in [0.717, 1.165) is 59.4 Å². The Hall–Kier alpha value is -2.46. The van der Waals surface area contributed by atoms with Gasteiger partial charge in [-0.25, -0.2) is 9.97 Å². The standard InChI is InChI=1S/C24H27ClN6O2S/c1-33-22-9-7-19-23(31-22)17(18(25)12-28-19)6-4-14-2-3-15(10-26-14)27-11-16-5-8-20-24(29-16)30-21(32)13-34-20/h5,7-9,12,14-15,26-27H,2-4,6,10-11,13H2,1H3,(H,29,30,32). The molecule has 0 spiro atoms. The van der Waals surface area contributed by atoms with E-state index in [1.54, 1.807) is 13.3 Å². The van der Waals surface area contributed by atoms with Crippen LogP contribution in [0.4, 0.5) is 5.82 Å². The van der Waals surface area contributed by atoms with Gasteiger partial charge in [0.1, 0.15) is 5.82 Å². The average Bonchev–Trinajstić information content (AvgIpc) is 2.87. The number of carbonyl (C=O) groups excluding carboxylic acids is 1. The van der Waals surface area contributed by atoms with E-state index < -0.39 is 0 Å². The molecular weight excluding hydrogens is 472 g/mol. The Kier molecular flexibility index (Phi) is 7.15. The summed E-state index contributed by atoms with van der Waals surface area (Å²) >= 11 is 8.02. The molecule has 1 fully saturated rings. The smallest absolute Gasteiger partial charge is 0.235 e. The van der Waals surface area contributed by atoms with Gasteiger partial charge in [0.05, 0.1) is 39.5 Å². The quantitative estimate of drug-likeness (QED) is 0.454. The van der Waals surface area contributed by atoms with E-state index in [4.69, 9.17) is 16.3 Å². The largest absolute Gasteiger partial charge is 0.481 e. The first-order chi connectivity index (χ1) is 16.6. The summed E-state index contributed by atoms with van der Waals surface area (Å²) in [6, 6.07) is 8.61. The Morgan fingerprint density at radius 2 is 2.15 bits per heavy atom. The zero-order chi connectivity index (χ0) is 23.5. The zero-order valence-corrected chi connectivity index (χ0v) is 20.5. The summed E-state index contributed by atoms with van der Waals surface area (Å²) in [4.78, 5) is 26.2. The normalized spacial score (nSPS) is 20.1. The number of nitrogens with one attached hydrogen (secondary N) is 3. The molecule has 5 heterocycles. The summed E-state index contributed by atoms with van der Waals surface area (Å²) in [6.07, 6.45) is 5.69. The number of aromatic nitrogens is 3. The number of methoxy groups -OCH3 is 1. The number of aryl methyl sites for hydroxylation is 1. The van der Waals surface area contributed by atoms with Crippen molar-refractivity contribution in [1.29, 1.82) is 0 Å². The molecule has 2 aliphatic rings. The Balaban J connectivity index is 1.13. The second-order valence-corrected chi connectivity index (χ2v) is 10.0. The van der Waals surface area contributed by atoms with Crippen molar-refractivity contribution in [3.8, 4) is 5.88 Å². The molecular formula is C24H27ClN6O2S. The Morgan fingerprint density at radius 3 is 2.97 bits per heavy atom. The van der Waals surface area contributed by atoms with E-state index in [1.165, 1.54) is 11.8 Å². The lowest BCUT2D eigenvalue weighted by molar-refractivity contribution is -0.113. The lowest BCUT2D eigenvalue weighted by Crippen LogP contribution is -2.47. The van der Waals surface area contributed by atoms with Crippen molar-refractivity contribution in [2.75, 3.05) is 24.7 Å². The van der Waals surface area contributed by atoms with Crippen LogP contribution in [0.2, 0.25) is 5.02 Å². The van der Waals surface area contributed by atoms with Gasteiger partial charge in [-0.3, -0.25) is 9.78 Å². The number of piperidine rings is 1. The van der Waals surface area contributed by atoms with Gasteiger partial charge in [0.15, 0.2) is 0 Å². The maximum Gasteiger partial charge on any atom is 0.235 e. The number of hydrogen-bond acceptors (Lipinski definition) is 8. The summed E-state index contributed by atoms with van der Waals surface area (Å²) in [5.41, 5.74) is 3.60. The minimum Gasteiger partial charge on any atom is -0.481 e. The van der Waals surface area contributed by atoms with Crippen LogP contribution in [0.5, 0.6) is 5.88 Å². The predicted molar refractivity (Wildman–Crippen MR) is 135 cm³/mol. The first kappa shape index (κ1) is 23.3. The molecule has 10 heteroatoms. The second kappa shape index (κ2) is 10.4. The fraction of sp³-hybridized carbons (Fsp3) is 0.417. The Labute approximate surface area is 207 Å². The number of hydrogen-bond donors (Lipinski definition) is 3. The minimum atomic E-state index is 0.00796. The molecule has 34 heavy (non-hydrogen) atoms. The van der Waals surface area contributed by atoms with Crippen LogP contribution in [0, 0.1) is 0 Å². The third kappa shape index (κ3) is 5.27.